The standard InChI is InChI=1S/C29H30B2FN7O/c1-38-26(40)23(24(33)39-27(38)37-28(30)15-6-16-29(28,39)31)25(35-20-7-3-2-4-8-20)34-17-18-11-13-19(14-12-18)21-9-5-10-22(32)36-21/h2-5,7-14,33-35H,6,15-17,30-31H2,1H3/b25-23-,33-24?. The van der Waals surface area contributed by atoms with Crippen LogP contribution in [0.2, 0.25) is 0 Å². The van der Waals surface area contributed by atoms with Gasteiger partial charge in [0.1, 0.15) is 32.2 Å². The van der Waals surface area contributed by atoms with Crippen molar-refractivity contribution in [3.63, 3.8) is 0 Å². The molecule has 200 valence electrons. The second kappa shape index (κ2) is 9.66. The summed E-state index contributed by atoms with van der Waals surface area (Å²) in [6.45, 7) is 0.399. The van der Waals surface area contributed by atoms with Crippen LogP contribution in [0.25, 0.3) is 17.1 Å². The van der Waals surface area contributed by atoms with Gasteiger partial charge in [-0.15, -0.1) is 0 Å². The number of hydrogen-bond acceptors (Lipinski definition) is 6. The van der Waals surface area contributed by atoms with Crippen LogP contribution in [0, 0.1) is 11.4 Å². The van der Waals surface area contributed by atoms with Crippen LogP contribution in [0.3, 0.4) is 0 Å². The van der Waals surface area contributed by atoms with Crippen LogP contribution in [-0.4, -0.2) is 35.2 Å². The Morgan fingerprint density at radius 1 is 1.05 bits per heavy atom. The van der Waals surface area contributed by atoms with Gasteiger partial charge in [-0.3, -0.25) is 24.3 Å². The molecular formula is C29H30B2FN7O. The van der Waals surface area contributed by atoms with Gasteiger partial charge >= 0.3 is 0 Å². The summed E-state index contributed by atoms with van der Waals surface area (Å²) in [6, 6.07) is 22.0. The van der Waals surface area contributed by atoms with Crippen LogP contribution < -0.4 is 32.5 Å². The lowest BCUT2D eigenvalue weighted by Gasteiger charge is -2.35. The molecule has 1 aliphatic heterocycles. The number of pyridine rings is 1. The molecule has 1 aliphatic carbocycles. The molecule has 1 fully saturated rings. The summed E-state index contributed by atoms with van der Waals surface area (Å²) in [6.07, 6.45) is 2.85. The molecule has 2 aromatic heterocycles. The molecule has 2 aromatic carbocycles. The maximum atomic E-state index is 13.8. The summed E-state index contributed by atoms with van der Waals surface area (Å²) in [7, 11) is 6.01. The van der Waals surface area contributed by atoms with Gasteiger partial charge in [-0.05, 0) is 42.7 Å². The SMILES string of the molecule is BC12CCCC1(B)n1c(=N)/c(=C(\NCc3ccc(-c4cccc(F)n4)cc3)Nc3ccccc3)c(=O)n(C)c1=N2. The van der Waals surface area contributed by atoms with Crippen molar-refractivity contribution < 1.29 is 4.39 Å². The molecule has 2 aliphatic rings. The van der Waals surface area contributed by atoms with Crippen molar-refractivity contribution in [2.45, 2.75) is 36.7 Å². The fourth-order valence-corrected chi connectivity index (χ4v) is 6.02. The number of rotatable bonds is 6. The zero-order valence-electron chi connectivity index (χ0n) is 22.8. The molecule has 8 nitrogen and oxygen atoms in total. The van der Waals surface area contributed by atoms with Crippen LogP contribution in [0.5, 0.6) is 0 Å². The summed E-state index contributed by atoms with van der Waals surface area (Å²) < 4.78 is 17.1. The van der Waals surface area contributed by atoms with Gasteiger partial charge in [0.2, 0.25) is 11.6 Å². The summed E-state index contributed by atoms with van der Waals surface area (Å²) >= 11 is 0. The van der Waals surface area contributed by atoms with E-state index in [1.807, 2.05) is 59.2 Å². The van der Waals surface area contributed by atoms with E-state index in [-0.39, 0.29) is 27.1 Å². The molecule has 0 bridgehead atoms. The predicted octanol–water partition coefficient (Wildman–Crippen LogP) is 0.267. The Labute approximate surface area is 232 Å². The molecule has 2 atom stereocenters. The highest BCUT2D eigenvalue weighted by molar-refractivity contribution is 6.26. The molecule has 0 saturated heterocycles. The molecule has 3 heterocycles. The summed E-state index contributed by atoms with van der Waals surface area (Å²) in [5, 5.41) is 16.3. The van der Waals surface area contributed by atoms with E-state index in [9.17, 15) is 14.6 Å². The van der Waals surface area contributed by atoms with Gasteiger partial charge in [0.05, 0.1) is 5.69 Å². The van der Waals surface area contributed by atoms with E-state index in [1.165, 1.54) is 6.07 Å². The van der Waals surface area contributed by atoms with E-state index in [0.717, 1.165) is 36.1 Å². The van der Waals surface area contributed by atoms with Gasteiger partial charge in [-0.1, -0.05) is 55.0 Å². The maximum Gasteiger partial charge on any atom is 0.267 e. The second-order valence-corrected chi connectivity index (χ2v) is 11.0. The third-order valence-corrected chi connectivity index (χ3v) is 8.53. The van der Waals surface area contributed by atoms with Gasteiger partial charge in [-0.25, -0.2) is 4.98 Å². The minimum Gasteiger partial charge on any atom is -0.367 e. The van der Waals surface area contributed by atoms with Crippen LogP contribution in [0.4, 0.5) is 10.1 Å². The van der Waals surface area contributed by atoms with Crippen molar-refractivity contribution in [2.75, 3.05) is 5.32 Å². The minimum atomic E-state index is -0.519. The Balaban J connectivity index is 1.44. The van der Waals surface area contributed by atoms with Crippen molar-refractivity contribution in [1.82, 2.24) is 19.4 Å². The fraction of sp³-hybridized carbons (Fsp3) is 0.241. The summed E-state index contributed by atoms with van der Waals surface area (Å²) in [4.78, 5) is 22.7. The fourth-order valence-electron chi connectivity index (χ4n) is 6.02. The van der Waals surface area contributed by atoms with Crippen LogP contribution in [0.15, 0.2) is 82.6 Å². The molecule has 3 N–H and O–H groups in total. The van der Waals surface area contributed by atoms with E-state index in [0.29, 0.717) is 23.7 Å². The van der Waals surface area contributed by atoms with Gasteiger partial charge in [0.15, 0.2) is 0 Å². The van der Waals surface area contributed by atoms with E-state index in [2.05, 4.69) is 31.3 Å². The van der Waals surface area contributed by atoms with Gasteiger partial charge in [0.25, 0.3) is 5.56 Å². The van der Waals surface area contributed by atoms with Crippen molar-refractivity contribution >= 4 is 27.2 Å². The molecule has 0 spiro atoms. The summed E-state index contributed by atoms with van der Waals surface area (Å²) in [5.41, 5.74) is 2.80. The van der Waals surface area contributed by atoms with Crippen molar-refractivity contribution in [2.24, 2.45) is 12.0 Å². The van der Waals surface area contributed by atoms with E-state index in [1.54, 1.807) is 23.7 Å². The number of para-hydroxylation sites is 1. The Kier molecular flexibility index (Phi) is 6.24. The van der Waals surface area contributed by atoms with E-state index in [4.69, 9.17) is 4.99 Å². The third-order valence-electron chi connectivity index (χ3n) is 8.53. The quantitative estimate of drug-likeness (QED) is 0.245. The third kappa shape index (κ3) is 4.16. The van der Waals surface area contributed by atoms with Gasteiger partial charge in [0, 0.05) is 35.7 Å². The Morgan fingerprint density at radius 2 is 1.80 bits per heavy atom. The first kappa shape index (κ1) is 25.9. The number of anilines is 1. The lowest BCUT2D eigenvalue weighted by molar-refractivity contribution is 0.372. The second-order valence-electron chi connectivity index (χ2n) is 11.0. The largest absolute Gasteiger partial charge is 0.367 e. The van der Waals surface area contributed by atoms with Crippen LogP contribution >= 0.6 is 0 Å². The topological polar surface area (TPSA) is 100 Å². The lowest BCUT2D eigenvalue weighted by Crippen LogP contribution is -2.64. The zero-order chi connectivity index (χ0) is 28.1. The monoisotopic (exact) mass is 533 g/mol. The van der Waals surface area contributed by atoms with E-state index < -0.39 is 5.95 Å². The average Bonchev–Trinajstić information content (AvgIpc) is 3.36. The molecule has 40 heavy (non-hydrogen) atoms. The normalized spacial score (nSPS) is 21.8. The molecule has 2 unspecified atom stereocenters. The molecule has 1 saturated carbocycles. The number of nitrogens with zero attached hydrogens (tertiary/aromatic N) is 4. The first-order valence-corrected chi connectivity index (χ1v) is 13.5. The lowest BCUT2D eigenvalue weighted by atomic mass is 9.57. The minimum absolute atomic E-state index is 0.147. The first-order valence-electron chi connectivity index (χ1n) is 13.5. The average molecular weight is 533 g/mol. The molecular weight excluding hydrogens is 503 g/mol. The number of benzene rings is 2. The molecule has 0 amide bonds. The molecule has 0 radical (unpaired) electrons. The highest BCUT2D eigenvalue weighted by Gasteiger charge is 2.53. The van der Waals surface area contributed by atoms with Crippen LogP contribution in [-0.2, 0) is 19.0 Å². The highest BCUT2D eigenvalue weighted by Crippen LogP contribution is 2.43. The summed E-state index contributed by atoms with van der Waals surface area (Å²) in [5.74, 6) is -0.0628. The Morgan fingerprint density at radius 3 is 2.52 bits per heavy atom. The van der Waals surface area contributed by atoms with Crippen molar-refractivity contribution in [1.29, 1.82) is 5.41 Å². The number of aromatic nitrogens is 3. The number of nitrogens with one attached hydrogen (secondary N) is 3. The predicted molar refractivity (Wildman–Crippen MR) is 158 cm³/mol. The molecule has 6 rings (SSSR count). The smallest absolute Gasteiger partial charge is 0.267 e. The molecule has 11 heteroatoms. The van der Waals surface area contributed by atoms with Gasteiger partial charge < -0.3 is 10.6 Å². The number of halogens is 1. The molecule has 4 aromatic rings. The van der Waals surface area contributed by atoms with Crippen molar-refractivity contribution in [3.8, 4) is 11.3 Å². The van der Waals surface area contributed by atoms with Crippen LogP contribution in [0.1, 0.15) is 24.8 Å². The zero-order valence-corrected chi connectivity index (χ0v) is 22.8. The van der Waals surface area contributed by atoms with E-state index >= 15 is 0 Å². The Bertz CT molecular complexity index is 1860. The van der Waals surface area contributed by atoms with Crippen molar-refractivity contribution in [3.05, 3.63) is 111 Å². The first-order chi connectivity index (χ1) is 19.2. The number of fused-ring (bicyclic) bond motifs is 3. The maximum absolute atomic E-state index is 13.8. The van der Waals surface area contributed by atoms with Gasteiger partial charge in [-0.2, -0.15) is 4.39 Å². The number of hydrogen-bond donors (Lipinski definition) is 3. The Hall–Kier alpha value is -4.40. The highest BCUT2D eigenvalue weighted by atomic mass is 19.1.